The molecule has 1 rings (SSSR count). The SMILES string of the molecule is CC1NCCN1[N+](=O)[O-]. The zero-order valence-electron chi connectivity index (χ0n) is 5.20. The maximum absolute atomic E-state index is 10.1. The van der Waals surface area contributed by atoms with Crippen LogP contribution < -0.4 is 5.32 Å². The Hall–Kier alpha value is -0.840. The molecule has 1 heterocycles. The molecule has 5 nitrogen and oxygen atoms in total. The van der Waals surface area contributed by atoms with Gasteiger partial charge in [-0.3, -0.25) is 5.32 Å². The molecule has 0 aromatic rings. The van der Waals surface area contributed by atoms with Crippen molar-refractivity contribution in [3.05, 3.63) is 10.1 Å². The van der Waals surface area contributed by atoms with Crippen molar-refractivity contribution in [2.24, 2.45) is 0 Å². The second kappa shape index (κ2) is 2.18. The zero-order chi connectivity index (χ0) is 6.85. The van der Waals surface area contributed by atoms with E-state index in [1.807, 2.05) is 0 Å². The molecule has 0 amide bonds. The van der Waals surface area contributed by atoms with Gasteiger partial charge < -0.3 is 0 Å². The third-order valence-electron chi connectivity index (χ3n) is 1.44. The monoisotopic (exact) mass is 131 g/mol. The molecule has 0 saturated carbocycles. The van der Waals surface area contributed by atoms with Crippen LogP contribution in [0.25, 0.3) is 0 Å². The molecule has 9 heavy (non-hydrogen) atoms. The molecule has 1 aliphatic rings. The topological polar surface area (TPSA) is 58.4 Å². The van der Waals surface area contributed by atoms with E-state index >= 15 is 0 Å². The lowest BCUT2D eigenvalue weighted by atomic mass is 10.6. The van der Waals surface area contributed by atoms with E-state index in [0.717, 1.165) is 0 Å². The summed E-state index contributed by atoms with van der Waals surface area (Å²) in [6.45, 7) is 2.99. The van der Waals surface area contributed by atoms with E-state index in [1.165, 1.54) is 5.01 Å². The number of nitrogens with zero attached hydrogens (tertiary/aromatic N) is 2. The van der Waals surface area contributed by atoms with Crippen molar-refractivity contribution in [1.82, 2.24) is 10.3 Å². The van der Waals surface area contributed by atoms with Gasteiger partial charge in [-0.25, -0.2) is 10.1 Å². The first-order valence-electron chi connectivity index (χ1n) is 2.86. The van der Waals surface area contributed by atoms with Crippen LogP contribution in [0.15, 0.2) is 0 Å². The summed E-state index contributed by atoms with van der Waals surface area (Å²) in [7, 11) is 0. The highest BCUT2D eigenvalue weighted by Gasteiger charge is 2.26. The maximum Gasteiger partial charge on any atom is 0.161 e. The van der Waals surface area contributed by atoms with Crippen molar-refractivity contribution < 1.29 is 5.03 Å². The van der Waals surface area contributed by atoms with Gasteiger partial charge in [-0.2, -0.15) is 0 Å². The maximum atomic E-state index is 10.1. The number of hydrogen-bond donors (Lipinski definition) is 1. The predicted octanol–water partition coefficient (Wildman–Crippen LogP) is -0.571. The predicted molar refractivity (Wildman–Crippen MR) is 31.2 cm³/mol. The Kier molecular flexibility index (Phi) is 1.52. The third-order valence-corrected chi connectivity index (χ3v) is 1.44. The fourth-order valence-electron chi connectivity index (χ4n) is 0.910. The van der Waals surface area contributed by atoms with E-state index in [4.69, 9.17) is 0 Å². The summed E-state index contributed by atoms with van der Waals surface area (Å²) in [6.07, 6.45) is -0.111. The Morgan fingerprint density at radius 2 is 2.56 bits per heavy atom. The van der Waals surface area contributed by atoms with Gasteiger partial charge in [-0.1, -0.05) is 0 Å². The molecule has 1 fully saturated rings. The summed E-state index contributed by atoms with van der Waals surface area (Å²) in [6, 6.07) is 0. The normalized spacial score (nSPS) is 26.8. The summed E-state index contributed by atoms with van der Waals surface area (Å²) in [4.78, 5) is 10.1. The zero-order valence-corrected chi connectivity index (χ0v) is 5.20. The van der Waals surface area contributed by atoms with E-state index < -0.39 is 0 Å². The number of hydrogen-bond acceptors (Lipinski definition) is 3. The molecule has 1 atom stereocenters. The molecule has 1 aliphatic heterocycles. The smallest absolute Gasteiger partial charge is 0.161 e. The van der Waals surface area contributed by atoms with E-state index in [-0.39, 0.29) is 11.2 Å². The lowest BCUT2D eigenvalue weighted by Gasteiger charge is -2.09. The number of hydrazine groups is 1. The minimum Gasteiger partial charge on any atom is -0.291 e. The van der Waals surface area contributed by atoms with Crippen LogP contribution in [0.3, 0.4) is 0 Å². The van der Waals surface area contributed by atoms with Crippen molar-refractivity contribution in [3.8, 4) is 0 Å². The fourth-order valence-corrected chi connectivity index (χ4v) is 0.910. The van der Waals surface area contributed by atoms with Gasteiger partial charge in [0.15, 0.2) is 5.03 Å². The van der Waals surface area contributed by atoms with E-state index in [0.29, 0.717) is 13.1 Å². The van der Waals surface area contributed by atoms with Crippen LogP contribution in [-0.2, 0) is 0 Å². The molecule has 1 saturated heterocycles. The van der Waals surface area contributed by atoms with Gasteiger partial charge in [0.1, 0.15) is 6.17 Å². The van der Waals surface area contributed by atoms with Crippen molar-refractivity contribution in [3.63, 3.8) is 0 Å². The first-order chi connectivity index (χ1) is 4.22. The van der Waals surface area contributed by atoms with Crippen LogP contribution in [-0.4, -0.2) is 29.3 Å². The molecule has 0 aromatic carbocycles. The largest absolute Gasteiger partial charge is 0.291 e. The van der Waals surface area contributed by atoms with Gasteiger partial charge in [0.25, 0.3) is 0 Å². The standard InChI is InChI=1S/C4H9N3O2/c1-4-5-2-3-6(4)7(8)9/h4-5H,2-3H2,1H3. The summed E-state index contributed by atoms with van der Waals surface area (Å²) >= 11 is 0. The highest BCUT2D eigenvalue weighted by molar-refractivity contribution is 4.65. The van der Waals surface area contributed by atoms with Gasteiger partial charge in [-0.05, 0) is 6.92 Å². The number of nitrogens with one attached hydrogen (secondary N) is 1. The molecular formula is C4H9N3O2. The lowest BCUT2D eigenvalue weighted by molar-refractivity contribution is -0.659. The lowest BCUT2D eigenvalue weighted by Crippen LogP contribution is -2.36. The summed E-state index contributed by atoms with van der Waals surface area (Å²) in [5.74, 6) is 0. The van der Waals surface area contributed by atoms with E-state index in [2.05, 4.69) is 5.32 Å². The van der Waals surface area contributed by atoms with E-state index in [1.54, 1.807) is 6.92 Å². The van der Waals surface area contributed by atoms with Crippen LogP contribution in [0.5, 0.6) is 0 Å². The van der Waals surface area contributed by atoms with Crippen LogP contribution >= 0.6 is 0 Å². The van der Waals surface area contributed by atoms with Crippen LogP contribution in [0.1, 0.15) is 6.92 Å². The Morgan fingerprint density at radius 3 is 2.78 bits per heavy atom. The quantitative estimate of drug-likeness (QED) is 0.382. The minimum absolute atomic E-state index is 0.111. The van der Waals surface area contributed by atoms with Crippen molar-refractivity contribution >= 4 is 0 Å². The van der Waals surface area contributed by atoms with Gasteiger partial charge >= 0.3 is 0 Å². The first kappa shape index (κ1) is 6.28. The number of rotatable bonds is 1. The Labute approximate surface area is 52.8 Å². The highest BCUT2D eigenvalue weighted by Crippen LogP contribution is 2.00. The average Bonchev–Trinajstić information content (AvgIpc) is 2.13. The summed E-state index contributed by atoms with van der Waals surface area (Å²) in [5.41, 5.74) is 0. The Bertz CT molecular complexity index is 127. The molecule has 0 radical (unpaired) electrons. The molecule has 52 valence electrons. The van der Waals surface area contributed by atoms with Gasteiger partial charge in [0.05, 0.1) is 6.54 Å². The molecule has 0 bridgehead atoms. The van der Waals surface area contributed by atoms with Crippen molar-refractivity contribution in [2.45, 2.75) is 13.1 Å². The highest BCUT2D eigenvalue weighted by atomic mass is 16.7. The molecule has 0 aliphatic carbocycles. The van der Waals surface area contributed by atoms with Gasteiger partial charge in [0, 0.05) is 6.54 Å². The molecule has 1 N–H and O–H groups in total. The van der Waals surface area contributed by atoms with Gasteiger partial charge in [0.2, 0.25) is 0 Å². The van der Waals surface area contributed by atoms with Crippen LogP contribution in [0.4, 0.5) is 0 Å². The van der Waals surface area contributed by atoms with Gasteiger partial charge in [-0.15, -0.1) is 5.01 Å². The van der Waals surface area contributed by atoms with Crippen LogP contribution in [0, 0.1) is 10.1 Å². The molecule has 5 heteroatoms. The molecular weight excluding hydrogens is 122 g/mol. The first-order valence-corrected chi connectivity index (χ1v) is 2.86. The summed E-state index contributed by atoms with van der Waals surface area (Å²) in [5, 5.41) is 13.8. The average molecular weight is 131 g/mol. The van der Waals surface area contributed by atoms with Crippen LogP contribution in [0.2, 0.25) is 0 Å². The molecule has 0 spiro atoms. The van der Waals surface area contributed by atoms with Crippen molar-refractivity contribution in [2.75, 3.05) is 13.1 Å². The third kappa shape index (κ3) is 1.10. The van der Waals surface area contributed by atoms with E-state index in [9.17, 15) is 10.1 Å². The summed E-state index contributed by atoms with van der Waals surface area (Å²) < 4.78 is 0. The minimum atomic E-state index is -0.370. The Balaban J connectivity index is 2.49. The molecule has 1 unspecified atom stereocenters. The second-order valence-corrected chi connectivity index (χ2v) is 2.03. The fraction of sp³-hybridized carbons (Fsp3) is 1.00. The number of nitro groups is 1. The molecule has 0 aromatic heterocycles. The Morgan fingerprint density at radius 1 is 1.89 bits per heavy atom. The second-order valence-electron chi connectivity index (χ2n) is 2.03. The van der Waals surface area contributed by atoms with Crippen molar-refractivity contribution in [1.29, 1.82) is 0 Å².